The highest BCUT2D eigenvalue weighted by molar-refractivity contribution is 8.14. The van der Waals surface area contributed by atoms with E-state index >= 15 is 0 Å². The minimum absolute atomic E-state index is 0.0189. The lowest BCUT2D eigenvalue weighted by atomic mass is 10.1. The summed E-state index contributed by atoms with van der Waals surface area (Å²) in [6.45, 7) is 1.74. The number of hydrogen-bond acceptors (Lipinski definition) is 3. The molecule has 5 heteroatoms. The monoisotopic (exact) mass is 201 g/mol. The zero-order chi connectivity index (χ0) is 9.68. The van der Waals surface area contributed by atoms with Gasteiger partial charge in [-0.05, 0) is 19.3 Å². The fourth-order valence-electron chi connectivity index (χ4n) is 1.37. The molecule has 1 rings (SSSR count). The standard InChI is InChI=1S/C8H15N3OS/c9-8(10)13-6-7(12)11-4-2-1-3-5-11/h1-6H2,(H3,9,10). The van der Waals surface area contributed by atoms with E-state index in [2.05, 4.69) is 0 Å². The summed E-state index contributed by atoms with van der Waals surface area (Å²) in [5.41, 5.74) is 5.15. The quantitative estimate of drug-likeness (QED) is 0.508. The van der Waals surface area contributed by atoms with Crippen molar-refractivity contribution in [3.8, 4) is 0 Å². The Hall–Kier alpha value is -0.710. The molecule has 0 spiro atoms. The third-order valence-electron chi connectivity index (χ3n) is 2.06. The van der Waals surface area contributed by atoms with E-state index in [1.807, 2.05) is 4.90 Å². The first-order valence-corrected chi connectivity index (χ1v) is 5.43. The number of piperidine rings is 1. The molecule has 3 N–H and O–H groups in total. The van der Waals surface area contributed by atoms with Gasteiger partial charge in [0, 0.05) is 13.1 Å². The van der Waals surface area contributed by atoms with Crippen molar-refractivity contribution in [1.82, 2.24) is 4.90 Å². The molecule has 0 saturated carbocycles. The third-order valence-corrected chi connectivity index (χ3v) is 2.76. The molecule has 0 unspecified atom stereocenters. The van der Waals surface area contributed by atoms with Gasteiger partial charge in [-0.1, -0.05) is 11.8 Å². The van der Waals surface area contributed by atoms with Gasteiger partial charge in [0.2, 0.25) is 5.91 Å². The molecule has 1 fully saturated rings. The number of carbonyl (C=O) groups excluding carboxylic acids is 1. The second kappa shape index (κ2) is 5.11. The number of amides is 1. The van der Waals surface area contributed by atoms with Crippen LogP contribution in [0.5, 0.6) is 0 Å². The highest BCUT2D eigenvalue weighted by Gasteiger charge is 2.16. The van der Waals surface area contributed by atoms with Crippen molar-refractivity contribution in [2.75, 3.05) is 18.8 Å². The molecule has 0 radical (unpaired) electrons. The van der Waals surface area contributed by atoms with Gasteiger partial charge in [-0.15, -0.1) is 0 Å². The summed E-state index contributed by atoms with van der Waals surface area (Å²) in [7, 11) is 0. The Kier molecular flexibility index (Phi) is 4.08. The molecular formula is C8H15N3OS. The van der Waals surface area contributed by atoms with Gasteiger partial charge in [0.05, 0.1) is 5.75 Å². The van der Waals surface area contributed by atoms with Crippen LogP contribution in [0.3, 0.4) is 0 Å². The molecule has 74 valence electrons. The van der Waals surface area contributed by atoms with Crippen molar-refractivity contribution in [2.24, 2.45) is 5.73 Å². The van der Waals surface area contributed by atoms with E-state index in [0.717, 1.165) is 37.7 Å². The van der Waals surface area contributed by atoms with Gasteiger partial charge in [0.15, 0.2) is 5.17 Å². The van der Waals surface area contributed by atoms with E-state index in [-0.39, 0.29) is 11.1 Å². The maximum atomic E-state index is 11.5. The van der Waals surface area contributed by atoms with Crippen molar-refractivity contribution in [1.29, 1.82) is 5.41 Å². The number of carbonyl (C=O) groups is 1. The van der Waals surface area contributed by atoms with Crippen LogP contribution in [0.25, 0.3) is 0 Å². The zero-order valence-electron chi connectivity index (χ0n) is 7.58. The average molecular weight is 201 g/mol. The number of hydrogen-bond donors (Lipinski definition) is 2. The van der Waals surface area contributed by atoms with Gasteiger partial charge < -0.3 is 10.6 Å². The van der Waals surface area contributed by atoms with Gasteiger partial charge in [-0.3, -0.25) is 10.2 Å². The Balaban J connectivity index is 2.25. The van der Waals surface area contributed by atoms with Crippen LogP contribution in [0.2, 0.25) is 0 Å². The molecule has 0 aromatic heterocycles. The van der Waals surface area contributed by atoms with Crippen LogP contribution in [0.15, 0.2) is 0 Å². The molecule has 1 saturated heterocycles. The molecule has 13 heavy (non-hydrogen) atoms. The first kappa shape index (κ1) is 10.4. The molecule has 0 bridgehead atoms. The third kappa shape index (κ3) is 3.67. The summed E-state index contributed by atoms with van der Waals surface area (Å²) in [4.78, 5) is 13.3. The maximum Gasteiger partial charge on any atom is 0.233 e. The van der Waals surface area contributed by atoms with E-state index in [4.69, 9.17) is 11.1 Å². The summed E-state index contributed by atoms with van der Waals surface area (Å²) in [5.74, 6) is 0.426. The number of likely N-dealkylation sites (tertiary alicyclic amines) is 1. The van der Waals surface area contributed by atoms with Gasteiger partial charge in [-0.25, -0.2) is 0 Å². The van der Waals surface area contributed by atoms with E-state index in [0.29, 0.717) is 5.75 Å². The largest absolute Gasteiger partial charge is 0.379 e. The topological polar surface area (TPSA) is 70.2 Å². The highest BCUT2D eigenvalue weighted by atomic mass is 32.2. The first-order valence-electron chi connectivity index (χ1n) is 4.45. The molecule has 1 aliphatic rings. The summed E-state index contributed by atoms with van der Waals surface area (Å²) < 4.78 is 0. The predicted molar refractivity (Wildman–Crippen MR) is 54.8 cm³/mol. The van der Waals surface area contributed by atoms with Crippen LogP contribution in [0.4, 0.5) is 0 Å². The van der Waals surface area contributed by atoms with E-state index in [1.54, 1.807) is 0 Å². The van der Waals surface area contributed by atoms with Crippen LogP contribution in [-0.2, 0) is 4.79 Å². The summed E-state index contributed by atoms with van der Waals surface area (Å²) in [5, 5.41) is 6.99. The number of amidine groups is 1. The normalized spacial score (nSPS) is 17.1. The number of nitrogens with one attached hydrogen (secondary N) is 1. The van der Waals surface area contributed by atoms with Gasteiger partial charge in [0.1, 0.15) is 0 Å². The van der Waals surface area contributed by atoms with Crippen molar-refractivity contribution in [2.45, 2.75) is 19.3 Å². The zero-order valence-corrected chi connectivity index (χ0v) is 8.40. The second-order valence-corrected chi connectivity index (χ2v) is 4.11. The van der Waals surface area contributed by atoms with Crippen LogP contribution in [0, 0.1) is 5.41 Å². The molecule has 0 aromatic carbocycles. The molecule has 1 heterocycles. The minimum Gasteiger partial charge on any atom is -0.379 e. The van der Waals surface area contributed by atoms with Crippen LogP contribution >= 0.6 is 11.8 Å². The van der Waals surface area contributed by atoms with E-state index in [1.165, 1.54) is 6.42 Å². The number of rotatable bonds is 2. The number of nitrogens with zero attached hydrogens (tertiary/aromatic N) is 1. The van der Waals surface area contributed by atoms with Gasteiger partial charge in [-0.2, -0.15) is 0 Å². The molecule has 1 amide bonds. The Morgan fingerprint density at radius 3 is 2.54 bits per heavy atom. The van der Waals surface area contributed by atoms with Crippen molar-refractivity contribution < 1.29 is 4.79 Å². The highest BCUT2D eigenvalue weighted by Crippen LogP contribution is 2.10. The predicted octanol–water partition coefficient (Wildman–Crippen LogP) is 0.626. The fraction of sp³-hybridized carbons (Fsp3) is 0.750. The Bertz CT molecular complexity index is 202. The summed E-state index contributed by atoms with van der Waals surface area (Å²) in [6, 6.07) is 0. The molecular weight excluding hydrogens is 186 g/mol. The minimum atomic E-state index is 0.0189. The smallest absolute Gasteiger partial charge is 0.233 e. The van der Waals surface area contributed by atoms with Crippen LogP contribution in [0.1, 0.15) is 19.3 Å². The van der Waals surface area contributed by atoms with Crippen molar-refractivity contribution in [3.63, 3.8) is 0 Å². The molecule has 0 aliphatic carbocycles. The lowest BCUT2D eigenvalue weighted by Crippen LogP contribution is -2.37. The SMILES string of the molecule is N=C(N)SCC(=O)N1CCCCC1. The van der Waals surface area contributed by atoms with Crippen LogP contribution < -0.4 is 5.73 Å². The Morgan fingerprint density at radius 2 is 2.00 bits per heavy atom. The molecule has 0 atom stereocenters. The van der Waals surface area contributed by atoms with Crippen molar-refractivity contribution in [3.05, 3.63) is 0 Å². The lowest BCUT2D eigenvalue weighted by Gasteiger charge is -2.26. The fourth-order valence-corrected chi connectivity index (χ4v) is 1.84. The number of thioether (sulfide) groups is 1. The molecule has 4 nitrogen and oxygen atoms in total. The van der Waals surface area contributed by atoms with Gasteiger partial charge >= 0.3 is 0 Å². The molecule has 0 aromatic rings. The average Bonchev–Trinajstić information content (AvgIpc) is 2.15. The van der Waals surface area contributed by atoms with Crippen molar-refractivity contribution >= 4 is 22.8 Å². The summed E-state index contributed by atoms with van der Waals surface area (Å²) >= 11 is 1.10. The van der Waals surface area contributed by atoms with Gasteiger partial charge in [0.25, 0.3) is 0 Å². The first-order chi connectivity index (χ1) is 6.20. The Labute approximate surface area is 82.4 Å². The second-order valence-electron chi connectivity index (χ2n) is 3.09. The van der Waals surface area contributed by atoms with Crippen LogP contribution in [-0.4, -0.2) is 34.8 Å². The Morgan fingerprint density at radius 1 is 1.38 bits per heavy atom. The number of nitrogens with two attached hydrogens (primary N) is 1. The molecule has 1 aliphatic heterocycles. The van der Waals surface area contributed by atoms with E-state index in [9.17, 15) is 4.79 Å². The lowest BCUT2D eigenvalue weighted by molar-refractivity contribution is -0.129. The van der Waals surface area contributed by atoms with E-state index < -0.39 is 0 Å². The maximum absolute atomic E-state index is 11.5. The summed E-state index contributed by atoms with van der Waals surface area (Å²) in [6.07, 6.45) is 3.44.